The van der Waals surface area contributed by atoms with Crippen LogP contribution in [0.5, 0.6) is 0 Å². The van der Waals surface area contributed by atoms with E-state index in [0.717, 1.165) is 15.7 Å². The molecule has 24 heavy (non-hydrogen) atoms. The predicted octanol–water partition coefficient (Wildman–Crippen LogP) is 4.98. The van der Waals surface area contributed by atoms with E-state index >= 15 is 0 Å². The number of nitrogens with zero attached hydrogens (tertiary/aromatic N) is 1. The molecular formula is C18H14BrFN2O2. The summed E-state index contributed by atoms with van der Waals surface area (Å²) in [7, 11) is 1.26. The smallest absolute Gasteiger partial charge is 0.356 e. The lowest BCUT2D eigenvalue weighted by Crippen LogP contribution is -2.06. The topological polar surface area (TPSA) is 51.2 Å². The van der Waals surface area contributed by atoms with Gasteiger partial charge in [0.2, 0.25) is 0 Å². The first-order valence-electron chi connectivity index (χ1n) is 7.20. The number of rotatable bonds is 3. The van der Waals surface area contributed by atoms with Crippen LogP contribution in [0.3, 0.4) is 0 Å². The van der Waals surface area contributed by atoms with E-state index in [4.69, 9.17) is 4.74 Å². The number of pyridine rings is 1. The maximum atomic E-state index is 14.1. The molecule has 122 valence electrons. The molecule has 4 nitrogen and oxygen atoms in total. The van der Waals surface area contributed by atoms with Gasteiger partial charge in [-0.2, -0.15) is 0 Å². The average molecular weight is 389 g/mol. The zero-order valence-corrected chi connectivity index (χ0v) is 14.6. The Morgan fingerprint density at radius 1 is 1.25 bits per heavy atom. The van der Waals surface area contributed by atoms with Gasteiger partial charge in [0.1, 0.15) is 11.3 Å². The number of methoxy groups -OCH3 is 1. The summed E-state index contributed by atoms with van der Waals surface area (Å²) in [4.78, 5) is 15.9. The minimum atomic E-state index is -0.616. The summed E-state index contributed by atoms with van der Waals surface area (Å²) >= 11 is 3.46. The molecule has 6 heteroatoms. The maximum Gasteiger partial charge on any atom is 0.356 e. The molecule has 0 unspecified atom stereocenters. The lowest BCUT2D eigenvalue weighted by molar-refractivity contribution is 0.0594. The van der Waals surface area contributed by atoms with E-state index in [9.17, 15) is 9.18 Å². The first-order valence-corrected chi connectivity index (χ1v) is 7.99. The van der Waals surface area contributed by atoms with Crippen LogP contribution in [-0.2, 0) is 4.74 Å². The van der Waals surface area contributed by atoms with Gasteiger partial charge in [0.25, 0.3) is 0 Å². The summed E-state index contributed by atoms with van der Waals surface area (Å²) in [6, 6.07) is 12.0. The Hall–Kier alpha value is -2.47. The monoisotopic (exact) mass is 388 g/mol. The van der Waals surface area contributed by atoms with Gasteiger partial charge in [-0.3, -0.25) is 0 Å². The number of aromatic nitrogens is 1. The highest BCUT2D eigenvalue weighted by molar-refractivity contribution is 9.10. The van der Waals surface area contributed by atoms with Gasteiger partial charge >= 0.3 is 5.97 Å². The number of esters is 1. The van der Waals surface area contributed by atoms with Crippen LogP contribution in [0.15, 0.2) is 46.9 Å². The van der Waals surface area contributed by atoms with Crippen LogP contribution in [0.4, 0.5) is 15.8 Å². The van der Waals surface area contributed by atoms with Gasteiger partial charge in [-0.1, -0.05) is 28.1 Å². The third kappa shape index (κ3) is 3.10. The molecule has 0 aliphatic rings. The van der Waals surface area contributed by atoms with Crippen LogP contribution in [0.25, 0.3) is 10.9 Å². The standard InChI is InChI=1S/C18H14BrFN2O2/c1-10-8-11(6-7-13(10)19)21-15-9-16(18(23)24-2)22-17-12(15)4-3-5-14(17)20/h3-9H,1-2H3,(H,21,22). The zero-order chi connectivity index (χ0) is 17.3. The fourth-order valence-electron chi connectivity index (χ4n) is 2.40. The summed E-state index contributed by atoms with van der Waals surface area (Å²) in [6.07, 6.45) is 0. The molecule has 0 saturated carbocycles. The molecule has 3 aromatic rings. The molecule has 3 rings (SSSR count). The molecule has 1 heterocycles. The van der Waals surface area contributed by atoms with Crippen LogP contribution >= 0.6 is 15.9 Å². The molecule has 0 aliphatic carbocycles. The first-order chi connectivity index (χ1) is 11.5. The van der Waals surface area contributed by atoms with E-state index in [1.807, 2.05) is 25.1 Å². The van der Waals surface area contributed by atoms with Crippen molar-refractivity contribution in [1.29, 1.82) is 0 Å². The molecular weight excluding hydrogens is 375 g/mol. The normalized spacial score (nSPS) is 10.7. The molecule has 0 atom stereocenters. The second-order valence-electron chi connectivity index (χ2n) is 5.27. The Bertz CT molecular complexity index is 944. The van der Waals surface area contributed by atoms with E-state index in [0.29, 0.717) is 11.1 Å². The van der Waals surface area contributed by atoms with Gasteiger partial charge in [-0.15, -0.1) is 0 Å². The lowest BCUT2D eigenvalue weighted by atomic mass is 10.1. The van der Waals surface area contributed by atoms with E-state index in [1.54, 1.807) is 18.2 Å². The van der Waals surface area contributed by atoms with Crippen molar-refractivity contribution in [2.45, 2.75) is 6.92 Å². The number of hydrogen-bond acceptors (Lipinski definition) is 4. The Morgan fingerprint density at radius 2 is 2.04 bits per heavy atom. The quantitative estimate of drug-likeness (QED) is 0.643. The third-order valence-electron chi connectivity index (χ3n) is 3.62. The molecule has 0 radical (unpaired) electrons. The second kappa shape index (κ2) is 6.57. The van der Waals surface area contributed by atoms with Gasteiger partial charge in [0.05, 0.1) is 12.8 Å². The Balaban J connectivity index is 2.16. The van der Waals surface area contributed by atoms with Gasteiger partial charge in [0, 0.05) is 15.5 Å². The minimum absolute atomic E-state index is 0.0476. The first kappa shape index (κ1) is 16.4. The molecule has 0 aliphatic heterocycles. The van der Waals surface area contributed by atoms with Crippen molar-refractivity contribution in [3.63, 3.8) is 0 Å². The number of carbonyl (C=O) groups is 1. The van der Waals surface area contributed by atoms with Crippen molar-refractivity contribution in [2.75, 3.05) is 12.4 Å². The van der Waals surface area contributed by atoms with Gasteiger partial charge in [-0.25, -0.2) is 14.2 Å². The Kier molecular flexibility index (Phi) is 4.49. The number of para-hydroxylation sites is 1. The molecule has 1 aromatic heterocycles. The molecule has 2 aromatic carbocycles. The number of aryl methyl sites for hydroxylation is 1. The molecule has 0 fully saturated rings. The fraction of sp³-hybridized carbons (Fsp3) is 0.111. The second-order valence-corrected chi connectivity index (χ2v) is 6.13. The Morgan fingerprint density at radius 3 is 2.75 bits per heavy atom. The SMILES string of the molecule is COC(=O)c1cc(Nc2ccc(Br)c(C)c2)c2cccc(F)c2n1. The summed E-state index contributed by atoms with van der Waals surface area (Å²) in [5.41, 5.74) is 2.63. The highest BCUT2D eigenvalue weighted by Crippen LogP contribution is 2.29. The van der Waals surface area contributed by atoms with Gasteiger partial charge < -0.3 is 10.1 Å². The maximum absolute atomic E-state index is 14.1. The van der Waals surface area contributed by atoms with Crippen LogP contribution in [0.2, 0.25) is 0 Å². The van der Waals surface area contributed by atoms with Gasteiger partial charge in [-0.05, 0) is 42.8 Å². The van der Waals surface area contributed by atoms with Crippen molar-refractivity contribution in [3.8, 4) is 0 Å². The number of benzene rings is 2. The number of halogens is 2. The molecule has 0 amide bonds. The predicted molar refractivity (Wildman–Crippen MR) is 95.2 cm³/mol. The molecule has 1 N–H and O–H groups in total. The summed E-state index contributed by atoms with van der Waals surface area (Å²) in [5, 5.41) is 3.81. The molecule has 0 saturated heterocycles. The number of nitrogens with one attached hydrogen (secondary N) is 1. The number of hydrogen-bond donors (Lipinski definition) is 1. The van der Waals surface area contributed by atoms with E-state index in [-0.39, 0.29) is 11.2 Å². The fourth-order valence-corrected chi connectivity index (χ4v) is 2.65. The van der Waals surface area contributed by atoms with Crippen LogP contribution in [0, 0.1) is 12.7 Å². The van der Waals surface area contributed by atoms with Gasteiger partial charge in [0.15, 0.2) is 5.69 Å². The van der Waals surface area contributed by atoms with Crippen molar-refractivity contribution in [1.82, 2.24) is 4.98 Å². The highest BCUT2D eigenvalue weighted by atomic mass is 79.9. The highest BCUT2D eigenvalue weighted by Gasteiger charge is 2.15. The molecule has 0 bridgehead atoms. The lowest BCUT2D eigenvalue weighted by Gasteiger charge is -2.12. The van der Waals surface area contributed by atoms with E-state index < -0.39 is 11.8 Å². The van der Waals surface area contributed by atoms with E-state index in [2.05, 4.69) is 26.2 Å². The van der Waals surface area contributed by atoms with Crippen LogP contribution < -0.4 is 5.32 Å². The van der Waals surface area contributed by atoms with E-state index in [1.165, 1.54) is 13.2 Å². The summed E-state index contributed by atoms with van der Waals surface area (Å²) in [6.45, 7) is 1.97. The molecule has 0 spiro atoms. The Labute approximate surface area is 146 Å². The zero-order valence-electron chi connectivity index (χ0n) is 13.1. The van der Waals surface area contributed by atoms with Crippen LogP contribution in [-0.4, -0.2) is 18.1 Å². The largest absolute Gasteiger partial charge is 0.464 e. The van der Waals surface area contributed by atoms with Crippen molar-refractivity contribution >= 4 is 44.2 Å². The van der Waals surface area contributed by atoms with Crippen molar-refractivity contribution < 1.29 is 13.9 Å². The third-order valence-corrected chi connectivity index (χ3v) is 4.51. The van der Waals surface area contributed by atoms with Crippen LogP contribution in [0.1, 0.15) is 16.1 Å². The summed E-state index contributed by atoms with van der Waals surface area (Å²) < 4.78 is 19.8. The summed E-state index contributed by atoms with van der Waals surface area (Å²) in [5.74, 6) is -1.11. The number of fused-ring (bicyclic) bond motifs is 1. The minimum Gasteiger partial charge on any atom is -0.464 e. The average Bonchev–Trinajstić information content (AvgIpc) is 2.58. The van der Waals surface area contributed by atoms with Crippen molar-refractivity contribution in [3.05, 3.63) is 64.0 Å². The van der Waals surface area contributed by atoms with Crippen molar-refractivity contribution in [2.24, 2.45) is 0 Å². The number of carbonyl (C=O) groups excluding carboxylic acids is 1. The number of ether oxygens (including phenoxy) is 1. The number of anilines is 2.